The predicted octanol–water partition coefficient (Wildman–Crippen LogP) is 3.03. The van der Waals surface area contributed by atoms with E-state index in [0.717, 1.165) is 77.2 Å². The molecule has 42 heavy (non-hydrogen) atoms. The van der Waals surface area contributed by atoms with Crippen LogP contribution >= 0.6 is 0 Å². The number of nitrogens with one attached hydrogen (secondary N) is 3. The summed E-state index contributed by atoms with van der Waals surface area (Å²) in [6.45, 7) is 9.06. The van der Waals surface area contributed by atoms with Crippen molar-refractivity contribution in [3.05, 3.63) is 82.2 Å². The zero-order valence-corrected chi connectivity index (χ0v) is 24.9. The van der Waals surface area contributed by atoms with Crippen LogP contribution in [-0.2, 0) is 30.8 Å². The highest BCUT2D eigenvalue weighted by atomic mass is 16.5. The number of anilines is 1. The number of hydrogen-bond donors (Lipinski definition) is 3. The zero-order chi connectivity index (χ0) is 29.6. The summed E-state index contributed by atoms with van der Waals surface area (Å²) in [5.74, 6) is -0.468. The number of aryl methyl sites for hydroxylation is 3. The van der Waals surface area contributed by atoms with E-state index in [2.05, 4.69) is 53.1 Å². The molecule has 2 aromatic heterocycles. The lowest BCUT2D eigenvalue weighted by Crippen LogP contribution is -2.30. The summed E-state index contributed by atoms with van der Waals surface area (Å²) in [5.41, 5.74) is 7.93. The van der Waals surface area contributed by atoms with Gasteiger partial charge in [-0.1, -0.05) is 42.2 Å². The maximum atomic E-state index is 13.3. The third-order valence-electron chi connectivity index (χ3n) is 7.72. The van der Waals surface area contributed by atoms with Crippen LogP contribution in [0.2, 0.25) is 0 Å². The van der Waals surface area contributed by atoms with Crippen molar-refractivity contribution in [2.75, 3.05) is 18.5 Å². The Bertz CT molecular complexity index is 1570. The van der Waals surface area contributed by atoms with Crippen molar-refractivity contribution >= 4 is 41.8 Å². The number of nitrogens with zero attached hydrogens (tertiary/aromatic N) is 3. The number of fused-ring (bicyclic) bond motifs is 1. The molecule has 5 rings (SSSR count). The van der Waals surface area contributed by atoms with Crippen molar-refractivity contribution < 1.29 is 14.3 Å². The number of pyridine rings is 1. The van der Waals surface area contributed by atoms with Crippen molar-refractivity contribution in [1.29, 1.82) is 0 Å². The van der Waals surface area contributed by atoms with Gasteiger partial charge in [0.25, 0.3) is 11.8 Å². The molecule has 0 aliphatic carbocycles. The molecule has 2 amide bonds. The molecule has 3 heterocycles. The number of hydrogen-bond acceptors (Lipinski definition) is 6. The molecule has 4 aromatic rings. The van der Waals surface area contributed by atoms with Crippen LogP contribution < -0.4 is 21.4 Å². The van der Waals surface area contributed by atoms with Gasteiger partial charge >= 0.3 is 0 Å². The number of benzene rings is 2. The minimum absolute atomic E-state index is 0.220. The quantitative estimate of drug-likeness (QED) is 0.255. The van der Waals surface area contributed by atoms with Crippen molar-refractivity contribution in [3.8, 4) is 0 Å². The maximum absolute atomic E-state index is 13.3. The van der Waals surface area contributed by atoms with Crippen LogP contribution in [0.3, 0.4) is 0 Å². The van der Waals surface area contributed by atoms with Gasteiger partial charge in [0.15, 0.2) is 5.65 Å². The van der Waals surface area contributed by atoms with Crippen molar-refractivity contribution in [2.24, 2.45) is 0 Å². The van der Waals surface area contributed by atoms with E-state index in [1.54, 1.807) is 24.3 Å². The van der Waals surface area contributed by atoms with Gasteiger partial charge in [-0.2, -0.15) is 5.10 Å². The Balaban J connectivity index is 1.34. The van der Waals surface area contributed by atoms with Gasteiger partial charge in [-0.25, -0.2) is 9.67 Å². The molecule has 1 saturated heterocycles. The van der Waals surface area contributed by atoms with E-state index in [9.17, 15) is 9.59 Å². The van der Waals surface area contributed by atoms with Gasteiger partial charge in [-0.05, 0) is 56.9 Å². The third kappa shape index (κ3) is 6.65. The molecule has 0 atom stereocenters. The van der Waals surface area contributed by atoms with Crippen LogP contribution in [0.4, 0.5) is 5.69 Å². The number of amides is 2. The summed E-state index contributed by atoms with van der Waals surface area (Å²) in [6, 6.07) is 13.3. The minimum atomic E-state index is -0.248. The fourth-order valence-electron chi connectivity index (χ4n) is 5.63. The first-order valence-corrected chi connectivity index (χ1v) is 14.8. The highest BCUT2D eigenvalue weighted by Gasteiger charge is 2.22. The number of rotatable bonds is 10. The fraction of sp³-hybridized carbons (Fsp3) is 0.375. The molecule has 0 spiro atoms. The van der Waals surface area contributed by atoms with Gasteiger partial charge in [0.2, 0.25) is 0 Å². The van der Waals surface area contributed by atoms with Crippen molar-refractivity contribution in [3.63, 3.8) is 0 Å². The Morgan fingerprint density at radius 2 is 1.74 bits per heavy atom. The lowest BCUT2D eigenvalue weighted by Gasteiger charge is -2.26. The Morgan fingerprint density at radius 3 is 2.40 bits per heavy atom. The normalized spacial score (nSPS) is 13.7. The fourth-order valence-corrected chi connectivity index (χ4v) is 5.63. The molecule has 0 bridgehead atoms. The molecule has 1 fully saturated rings. The smallest absolute Gasteiger partial charge is 0.251 e. The monoisotopic (exact) mass is 566 g/mol. The van der Waals surface area contributed by atoms with Crippen LogP contribution in [-0.4, -0.2) is 53.7 Å². The number of carbonyl (C=O) groups is 2. The first-order valence-electron chi connectivity index (χ1n) is 14.8. The topological polar surface area (TPSA) is 110 Å². The van der Waals surface area contributed by atoms with Crippen LogP contribution in [0.1, 0.15) is 69.8 Å². The van der Waals surface area contributed by atoms with Crippen molar-refractivity contribution in [1.82, 2.24) is 25.4 Å². The largest absolute Gasteiger partial charge is 0.381 e. The second kappa shape index (κ2) is 13.2. The van der Waals surface area contributed by atoms with Gasteiger partial charge in [0, 0.05) is 61.3 Å². The van der Waals surface area contributed by atoms with Crippen LogP contribution in [0.5, 0.6) is 0 Å². The summed E-state index contributed by atoms with van der Waals surface area (Å²) in [7, 11) is 2.04. The molecule has 2 aromatic carbocycles. The Labute approximate surface area is 247 Å². The zero-order valence-electron chi connectivity index (χ0n) is 24.9. The number of carbonyl (C=O) groups excluding carboxylic acids is 2. The second-order valence-electron chi connectivity index (χ2n) is 10.9. The van der Waals surface area contributed by atoms with Gasteiger partial charge in [0.1, 0.15) is 7.85 Å². The molecule has 10 heteroatoms. The van der Waals surface area contributed by atoms with E-state index < -0.39 is 0 Å². The number of aromatic nitrogens is 3. The van der Waals surface area contributed by atoms with Gasteiger partial charge in [-0.15, -0.1) is 0 Å². The molecule has 1 aliphatic rings. The average Bonchev–Trinajstić information content (AvgIpc) is 3.42. The SMILES string of the molecule is Bc1cc(C)cc(CNC(=O)c2cccc(C(=O)NCc3c(CC)nc4c(cnn4CC)c3NC3CCOCC3)c2)c1. The second-order valence-corrected chi connectivity index (χ2v) is 10.9. The Kier molecular flexibility index (Phi) is 9.22. The van der Waals surface area contributed by atoms with Gasteiger partial charge in [-0.3, -0.25) is 9.59 Å². The standard InChI is InChI=1S/C32H39BN6O3/c1-4-28-26(29(37-25-9-11-42-12-10-25)27-19-36-39(5-2)30(27)38-28)18-35-32(41)23-8-6-7-22(16-23)31(40)34-17-21-13-20(3)14-24(33)15-21/h6-8,13-16,19,25H,4-5,9-12,17-18,33H2,1-3H3,(H,34,40)(H,35,41)(H,37,38). The molecule has 9 nitrogen and oxygen atoms in total. The molecule has 0 unspecified atom stereocenters. The first-order chi connectivity index (χ1) is 20.4. The highest BCUT2D eigenvalue weighted by molar-refractivity contribution is 6.32. The van der Waals surface area contributed by atoms with Crippen LogP contribution in [0.25, 0.3) is 11.0 Å². The highest BCUT2D eigenvalue weighted by Crippen LogP contribution is 2.31. The lowest BCUT2D eigenvalue weighted by atomic mass is 9.92. The van der Waals surface area contributed by atoms with Crippen molar-refractivity contribution in [2.45, 2.75) is 65.7 Å². The van der Waals surface area contributed by atoms with Crippen LogP contribution in [0, 0.1) is 6.92 Å². The minimum Gasteiger partial charge on any atom is -0.381 e. The third-order valence-corrected chi connectivity index (χ3v) is 7.72. The molecule has 0 radical (unpaired) electrons. The van der Waals surface area contributed by atoms with E-state index in [1.807, 2.05) is 25.6 Å². The summed E-state index contributed by atoms with van der Waals surface area (Å²) >= 11 is 0. The van der Waals surface area contributed by atoms with E-state index in [0.29, 0.717) is 30.6 Å². The molecule has 1 aliphatic heterocycles. The number of ether oxygens (including phenoxy) is 1. The molecule has 218 valence electrons. The molecular weight excluding hydrogens is 527 g/mol. The summed E-state index contributed by atoms with van der Waals surface area (Å²) in [6.07, 6.45) is 4.40. The van der Waals surface area contributed by atoms with Gasteiger partial charge < -0.3 is 20.7 Å². The van der Waals surface area contributed by atoms with Gasteiger partial charge in [0.05, 0.1) is 17.3 Å². The van der Waals surface area contributed by atoms with E-state index in [-0.39, 0.29) is 17.9 Å². The summed E-state index contributed by atoms with van der Waals surface area (Å²) < 4.78 is 7.47. The average molecular weight is 567 g/mol. The summed E-state index contributed by atoms with van der Waals surface area (Å²) in [5, 5.41) is 15.3. The van der Waals surface area contributed by atoms with E-state index in [4.69, 9.17) is 9.72 Å². The molecule has 0 saturated carbocycles. The molecular formula is C32H39BN6O3. The van der Waals surface area contributed by atoms with E-state index >= 15 is 0 Å². The van der Waals surface area contributed by atoms with Crippen LogP contribution in [0.15, 0.2) is 48.7 Å². The molecule has 3 N–H and O–H groups in total. The predicted molar refractivity (Wildman–Crippen MR) is 168 cm³/mol. The first kappa shape index (κ1) is 29.3. The Hall–Kier alpha value is -4.18. The Morgan fingerprint density at radius 1 is 1.02 bits per heavy atom. The van der Waals surface area contributed by atoms with E-state index in [1.165, 1.54) is 0 Å². The maximum Gasteiger partial charge on any atom is 0.251 e. The lowest BCUT2D eigenvalue weighted by molar-refractivity contribution is 0.0904. The summed E-state index contributed by atoms with van der Waals surface area (Å²) in [4.78, 5) is 31.2.